The molecule has 0 saturated carbocycles. The quantitative estimate of drug-likeness (QED) is 0.645. The van der Waals surface area contributed by atoms with Crippen LogP contribution in [0.3, 0.4) is 0 Å². The molecular weight excluding hydrogens is 256 g/mol. The summed E-state index contributed by atoms with van der Waals surface area (Å²) >= 11 is 5.56. The Hall–Kier alpha value is -1.58. The van der Waals surface area contributed by atoms with Crippen LogP contribution >= 0.6 is 11.6 Å². The number of rotatable bonds is 3. The maximum atomic E-state index is 10.3. The van der Waals surface area contributed by atoms with Crippen LogP contribution in [0, 0.1) is 11.5 Å². The molecule has 1 aromatic heterocycles. The first-order chi connectivity index (χ1) is 8.61. The van der Waals surface area contributed by atoms with Crippen molar-refractivity contribution >= 4 is 11.6 Å². The molecular formula is C11H13ClN4O2. The minimum absolute atomic E-state index is 0.156. The largest absolute Gasteiger partial charge is 0.487 e. The molecule has 0 atom stereocenters. The van der Waals surface area contributed by atoms with E-state index in [-0.39, 0.29) is 11.9 Å². The molecule has 0 aliphatic carbocycles. The topological polar surface area (TPSA) is 82.3 Å². The third-order valence-corrected chi connectivity index (χ3v) is 3.13. The van der Waals surface area contributed by atoms with Crippen molar-refractivity contribution in [3.8, 4) is 11.9 Å². The van der Waals surface area contributed by atoms with E-state index in [1.807, 2.05) is 0 Å². The Labute approximate surface area is 110 Å². The van der Waals surface area contributed by atoms with Crippen molar-refractivity contribution in [2.24, 2.45) is 0 Å². The first-order valence-corrected chi connectivity index (χ1v) is 5.96. The number of likely N-dealkylation sites (tertiary alicyclic amines) is 1. The van der Waals surface area contributed by atoms with Gasteiger partial charge < -0.3 is 14.7 Å². The van der Waals surface area contributed by atoms with Gasteiger partial charge in [0.15, 0.2) is 11.9 Å². The molecule has 2 rings (SSSR count). The Morgan fingerprint density at radius 1 is 1.44 bits per heavy atom. The summed E-state index contributed by atoms with van der Waals surface area (Å²) in [5, 5.41) is 19.2. The number of aliphatic hydroxyl groups is 1. The molecule has 1 aliphatic heterocycles. The van der Waals surface area contributed by atoms with Gasteiger partial charge in [-0.25, -0.2) is 9.97 Å². The highest BCUT2D eigenvalue weighted by molar-refractivity contribution is 6.28. The highest BCUT2D eigenvalue weighted by Crippen LogP contribution is 2.23. The molecule has 0 aromatic carbocycles. The third-order valence-electron chi connectivity index (χ3n) is 2.94. The van der Waals surface area contributed by atoms with Gasteiger partial charge in [0, 0.05) is 13.1 Å². The van der Waals surface area contributed by atoms with Crippen molar-refractivity contribution in [3.63, 3.8) is 0 Å². The molecule has 1 aromatic rings. The summed E-state index contributed by atoms with van der Waals surface area (Å²) in [6, 6.07) is 0. The standard InChI is InChI=1S/C11H13ClN4O2/c12-10-14-5-9(6-15-10)18-7-11(17)1-3-16(8-13)4-2-11/h5-6,17H,1-4,7H2. The lowest BCUT2D eigenvalue weighted by molar-refractivity contribution is -0.0441. The first kappa shape index (κ1) is 12.9. The average molecular weight is 269 g/mol. The van der Waals surface area contributed by atoms with E-state index in [1.165, 1.54) is 12.4 Å². The van der Waals surface area contributed by atoms with Crippen LogP contribution in [-0.4, -0.2) is 45.3 Å². The highest BCUT2D eigenvalue weighted by Gasteiger charge is 2.32. The van der Waals surface area contributed by atoms with Crippen LogP contribution in [-0.2, 0) is 0 Å². The second kappa shape index (κ2) is 5.38. The summed E-state index contributed by atoms with van der Waals surface area (Å²) in [4.78, 5) is 9.20. The van der Waals surface area contributed by atoms with Gasteiger partial charge in [-0.15, -0.1) is 0 Å². The average Bonchev–Trinajstić information content (AvgIpc) is 2.39. The molecule has 6 nitrogen and oxygen atoms in total. The molecule has 0 radical (unpaired) electrons. The van der Waals surface area contributed by atoms with Crippen molar-refractivity contribution in [1.29, 1.82) is 5.26 Å². The normalized spacial score (nSPS) is 18.2. The number of ether oxygens (including phenoxy) is 1. The highest BCUT2D eigenvalue weighted by atomic mass is 35.5. The lowest BCUT2D eigenvalue weighted by Gasteiger charge is -2.35. The van der Waals surface area contributed by atoms with E-state index in [2.05, 4.69) is 16.2 Å². The molecule has 0 bridgehead atoms. The minimum Gasteiger partial charge on any atom is -0.487 e. The zero-order valence-corrected chi connectivity index (χ0v) is 10.5. The lowest BCUT2D eigenvalue weighted by Crippen LogP contribution is -2.46. The number of aromatic nitrogens is 2. The van der Waals surface area contributed by atoms with Crippen LogP contribution < -0.4 is 4.74 Å². The van der Waals surface area contributed by atoms with E-state index >= 15 is 0 Å². The first-order valence-electron chi connectivity index (χ1n) is 5.59. The van der Waals surface area contributed by atoms with E-state index in [4.69, 9.17) is 21.6 Å². The number of nitrogens with zero attached hydrogens (tertiary/aromatic N) is 4. The number of nitriles is 1. The van der Waals surface area contributed by atoms with Crippen molar-refractivity contribution < 1.29 is 9.84 Å². The zero-order valence-electron chi connectivity index (χ0n) is 9.71. The molecule has 1 aliphatic rings. The molecule has 18 heavy (non-hydrogen) atoms. The number of piperidine rings is 1. The second-order valence-corrected chi connectivity index (χ2v) is 4.63. The molecule has 0 unspecified atom stereocenters. The van der Waals surface area contributed by atoms with Crippen molar-refractivity contribution in [3.05, 3.63) is 17.7 Å². The Bertz CT molecular complexity index is 437. The van der Waals surface area contributed by atoms with E-state index in [9.17, 15) is 5.11 Å². The molecule has 1 fully saturated rings. The molecule has 1 N–H and O–H groups in total. The Balaban J connectivity index is 1.86. The number of halogens is 1. The van der Waals surface area contributed by atoms with Gasteiger partial charge in [-0.2, -0.15) is 5.26 Å². The van der Waals surface area contributed by atoms with Crippen LogP contribution in [0.1, 0.15) is 12.8 Å². The van der Waals surface area contributed by atoms with Gasteiger partial charge in [-0.05, 0) is 24.4 Å². The molecule has 0 amide bonds. The maximum absolute atomic E-state index is 10.3. The van der Waals surface area contributed by atoms with Gasteiger partial charge in [-0.3, -0.25) is 0 Å². The summed E-state index contributed by atoms with van der Waals surface area (Å²) in [5.74, 6) is 0.468. The van der Waals surface area contributed by atoms with E-state index in [0.29, 0.717) is 31.7 Å². The zero-order chi connectivity index (χ0) is 13.0. The smallest absolute Gasteiger partial charge is 0.222 e. The van der Waals surface area contributed by atoms with E-state index in [0.717, 1.165) is 0 Å². The second-order valence-electron chi connectivity index (χ2n) is 4.29. The van der Waals surface area contributed by atoms with Gasteiger partial charge in [0.25, 0.3) is 0 Å². The predicted molar refractivity (Wildman–Crippen MR) is 63.9 cm³/mol. The molecule has 0 spiro atoms. The fraction of sp³-hybridized carbons (Fsp3) is 0.545. The fourth-order valence-electron chi connectivity index (χ4n) is 1.76. The SMILES string of the molecule is N#CN1CCC(O)(COc2cnc(Cl)nc2)CC1. The van der Waals surface area contributed by atoms with Gasteiger partial charge in [0.1, 0.15) is 12.2 Å². The number of hydrogen-bond acceptors (Lipinski definition) is 6. The van der Waals surface area contributed by atoms with Gasteiger partial charge >= 0.3 is 0 Å². The summed E-state index contributed by atoms with van der Waals surface area (Å²) in [7, 11) is 0. The Morgan fingerprint density at radius 3 is 2.61 bits per heavy atom. The molecule has 7 heteroatoms. The van der Waals surface area contributed by atoms with Gasteiger partial charge in [0.05, 0.1) is 12.4 Å². The van der Waals surface area contributed by atoms with Crippen LogP contribution in [0.25, 0.3) is 0 Å². The third kappa shape index (κ3) is 3.22. The molecule has 96 valence electrons. The summed E-state index contributed by atoms with van der Waals surface area (Å²) in [6.07, 6.45) is 6.01. The van der Waals surface area contributed by atoms with Gasteiger partial charge in [0.2, 0.25) is 5.28 Å². The minimum atomic E-state index is -0.896. The Morgan fingerprint density at radius 2 is 2.06 bits per heavy atom. The van der Waals surface area contributed by atoms with Crippen molar-refractivity contribution in [2.45, 2.75) is 18.4 Å². The Kier molecular flexibility index (Phi) is 3.84. The fourth-order valence-corrected chi connectivity index (χ4v) is 1.86. The van der Waals surface area contributed by atoms with Crippen molar-refractivity contribution in [2.75, 3.05) is 19.7 Å². The van der Waals surface area contributed by atoms with Crippen LogP contribution in [0.2, 0.25) is 5.28 Å². The monoisotopic (exact) mass is 268 g/mol. The lowest BCUT2D eigenvalue weighted by atomic mass is 9.93. The van der Waals surface area contributed by atoms with Crippen LogP contribution in [0.15, 0.2) is 12.4 Å². The van der Waals surface area contributed by atoms with Crippen molar-refractivity contribution in [1.82, 2.24) is 14.9 Å². The number of hydrogen-bond donors (Lipinski definition) is 1. The summed E-state index contributed by atoms with van der Waals surface area (Å²) < 4.78 is 5.44. The maximum Gasteiger partial charge on any atom is 0.222 e. The van der Waals surface area contributed by atoms with E-state index in [1.54, 1.807) is 4.90 Å². The summed E-state index contributed by atoms with van der Waals surface area (Å²) in [5.41, 5.74) is -0.896. The van der Waals surface area contributed by atoms with Crippen LogP contribution in [0.5, 0.6) is 5.75 Å². The van der Waals surface area contributed by atoms with Gasteiger partial charge in [-0.1, -0.05) is 0 Å². The predicted octanol–water partition coefficient (Wildman–Crippen LogP) is 0.817. The molecule has 2 heterocycles. The summed E-state index contributed by atoms with van der Waals surface area (Å²) in [6.45, 7) is 1.26. The molecule has 1 saturated heterocycles. The van der Waals surface area contributed by atoms with Crippen LogP contribution in [0.4, 0.5) is 0 Å². The van der Waals surface area contributed by atoms with E-state index < -0.39 is 5.60 Å².